The fourth-order valence-corrected chi connectivity index (χ4v) is 1.25. The molecule has 0 radical (unpaired) electrons. The van der Waals surface area contributed by atoms with Crippen molar-refractivity contribution in [1.82, 2.24) is 0 Å². The summed E-state index contributed by atoms with van der Waals surface area (Å²) in [6, 6.07) is 5.27. The van der Waals surface area contributed by atoms with Gasteiger partial charge in [-0.15, -0.1) is 0 Å². The highest BCUT2D eigenvalue weighted by atomic mass is 19.1. The lowest BCUT2D eigenvalue weighted by Gasteiger charge is -2.16. The molecule has 0 aromatic heterocycles. The van der Waals surface area contributed by atoms with E-state index in [2.05, 4.69) is 6.92 Å². The topological polar surface area (TPSA) is 26.0 Å². The Morgan fingerprint density at radius 1 is 1.31 bits per heavy atom. The molecule has 13 heavy (non-hydrogen) atoms. The minimum Gasteiger partial charge on any atom is -0.327 e. The first-order valence-electron chi connectivity index (χ1n) is 4.54. The van der Waals surface area contributed by atoms with Gasteiger partial charge >= 0.3 is 0 Å². The Morgan fingerprint density at radius 3 is 2.38 bits per heavy atom. The Hall–Kier alpha value is -0.890. The molecule has 2 unspecified atom stereocenters. The van der Waals surface area contributed by atoms with E-state index in [0.29, 0.717) is 5.56 Å². The van der Waals surface area contributed by atoms with Crippen LogP contribution in [0.4, 0.5) is 4.39 Å². The number of benzene rings is 1. The summed E-state index contributed by atoms with van der Waals surface area (Å²) < 4.78 is 12.9. The van der Waals surface area contributed by atoms with E-state index in [9.17, 15) is 4.39 Å². The Bertz CT molecular complexity index is 294. The van der Waals surface area contributed by atoms with Crippen molar-refractivity contribution in [3.05, 3.63) is 35.1 Å². The van der Waals surface area contributed by atoms with Gasteiger partial charge in [0.1, 0.15) is 5.82 Å². The van der Waals surface area contributed by atoms with E-state index in [1.807, 2.05) is 13.0 Å². The number of nitrogens with two attached hydrogens (primary N) is 1. The van der Waals surface area contributed by atoms with Crippen LogP contribution in [0.25, 0.3) is 0 Å². The summed E-state index contributed by atoms with van der Waals surface area (Å²) >= 11 is 0. The van der Waals surface area contributed by atoms with Gasteiger partial charge in [-0.05, 0) is 37.0 Å². The summed E-state index contributed by atoms with van der Waals surface area (Å²) in [6.07, 6.45) is 0. The molecule has 0 fully saturated rings. The van der Waals surface area contributed by atoms with Crippen molar-refractivity contribution in [2.75, 3.05) is 0 Å². The zero-order valence-corrected chi connectivity index (χ0v) is 8.34. The van der Waals surface area contributed by atoms with Gasteiger partial charge in [-0.1, -0.05) is 19.1 Å². The molecule has 2 N–H and O–H groups in total. The lowest BCUT2D eigenvalue weighted by Crippen LogP contribution is -2.22. The minimum absolute atomic E-state index is 0.102. The fourth-order valence-electron chi connectivity index (χ4n) is 1.25. The van der Waals surface area contributed by atoms with Crippen molar-refractivity contribution in [3.8, 4) is 0 Å². The van der Waals surface area contributed by atoms with Gasteiger partial charge in [-0.2, -0.15) is 0 Å². The average molecular weight is 181 g/mol. The highest BCUT2D eigenvalue weighted by molar-refractivity contribution is 5.27. The molecule has 2 heteroatoms. The molecule has 0 heterocycles. The van der Waals surface area contributed by atoms with Crippen LogP contribution >= 0.6 is 0 Å². The molecule has 0 saturated carbocycles. The molecular formula is C11H16FN. The van der Waals surface area contributed by atoms with Gasteiger partial charge in [0.15, 0.2) is 0 Å². The number of hydrogen-bond donors (Lipinski definition) is 1. The predicted molar refractivity (Wildman–Crippen MR) is 53.2 cm³/mol. The third-order valence-corrected chi connectivity index (χ3v) is 2.50. The normalized spacial score (nSPS) is 15.5. The SMILES string of the molecule is Cc1cc(C(C)C(C)N)ccc1F. The molecule has 1 rings (SSSR count). The zero-order chi connectivity index (χ0) is 10.0. The van der Waals surface area contributed by atoms with Gasteiger partial charge in [0.25, 0.3) is 0 Å². The van der Waals surface area contributed by atoms with Gasteiger partial charge < -0.3 is 5.73 Å². The third kappa shape index (κ3) is 2.28. The third-order valence-electron chi connectivity index (χ3n) is 2.50. The maximum atomic E-state index is 12.9. The quantitative estimate of drug-likeness (QED) is 0.745. The molecule has 1 aromatic rings. The summed E-state index contributed by atoms with van der Waals surface area (Å²) in [5, 5.41) is 0. The summed E-state index contributed by atoms with van der Waals surface area (Å²) in [6.45, 7) is 5.79. The van der Waals surface area contributed by atoms with Crippen LogP contribution in [0.5, 0.6) is 0 Å². The molecule has 1 nitrogen and oxygen atoms in total. The largest absolute Gasteiger partial charge is 0.327 e. The first-order chi connectivity index (χ1) is 6.02. The van der Waals surface area contributed by atoms with Crippen molar-refractivity contribution >= 4 is 0 Å². The van der Waals surface area contributed by atoms with Crippen LogP contribution < -0.4 is 5.73 Å². The molecule has 72 valence electrons. The summed E-state index contributed by atoms with van der Waals surface area (Å²) in [4.78, 5) is 0. The maximum absolute atomic E-state index is 12.9. The Morgan fingerprint density at radius 2 is 1.92 bits per heavy atom. The van der Waals surface area contributed by atoms with Gasteiger partial charge in [0, 0.05) is 6.04 Å². The lowest BCUT2D eigenvalue weighted by atomic mass is 9.94. The second-order valence-corrected chi connectivity index (χ2v) is 3.66. The van der Waals surface area contributed by atoms with Crippen molar-refractivity contribution in [3.63, 3.8) is 0 Å². The Kier molecular flexibility index (Phi) is 3.04. The van der Waals surface area contributed by atoms with E-state index in [4.69, 9.17) is 5.73 Å². The Balaban J connectivity index is 2.97. The maximum Gasteiger partial charge on any atom is 0.126 e. The number of hydrogen-bond acceptors (Lipinski definition) is 1. The molecular weight excluding hydrogens is 165 g/mol. The van der Waals surface area contributed by atoms with Crippen molar-refractivity contribution in [2.45, 2.75) is 32.7 Å². The van der Waals surface area contributed by atoms with Crippen LogP contribution in [0.2, 0.25) is 0 Å². The summed E-state index contributed by atoms with van der Waals surface area (Å²) in [5.74, 6) is 0.125. The van der Waals surface area contributed by atoms with E-state index < -0.39 is 0 Å². The first kappa shape index (κ1) is 10.2. The molecule has 0 aliphatic heterocycles. The molecule has 1 aromatic carbocycles. The average Bonchev–Trinajstić information content (AvgIpc) is 2.08. The second-order valence-electron chi connectivity index (χ2n) is 3.66. The van der Waals surface area contributed by atoms with Crippen molar-refractivity contribution < 1.29 is 4.39 Å². The van der Waals surface area contributed by atoms with E-state index in [1.54, 1.807) is 13.0 Å². The van der Waals surface area contributed by atoms with Crippen LogP contribution in [0.3, 0.4) is 0 Å². The monoisotopic (exact) mass is 181 g/mol. The minimum atomic E-state index is -0.152. The molecule has 0 amide bonds. The highest BCUT2D eigenvalue weighted by Gasteiger charge is 2.10. The van der Waals surface area contributed by atoms with Crippen LogP contribution in [0, 0.1) is 12.7 Å². The van der Waals surface area contributed by atoms with Crippen LogP contribution in [0.1, 0.15) is 30.9 Å². The van der Waals surface area contributed by atoms with Crippen LogP contribution in [-0.4, -0.2) is 6.04 Å². The number of aryl methyl sites for hydroxylation is 1. The van der Waals surface area contributed by atoms with Gasteiger partial charge in [0.2, 0.25) is 0 Å². The Labute approximate surface area is 78.8 Å². The van der Waals surface area contributed by atoms with Gasteiger partial charge in [-0.25, -0.2) is 4.39 Å². The first-order valence-corrected chi connectivity index (χ1v) is 4.54. The van der Waals surface area contributed by atoms with Crippen molar-refractivity contribution in [1.29, 1.82) is 0 Å². The van der Waals surface area contributed by atoms with E-state index in [0.717, 1.165) is 5.56 Å². The predicted octanol–water partition coefficient (Wildman–Crippen LogP) is 2.58. The van der Waals surface area contributed by atoms with E-state index in [-0.39, 0.29) is 17.8 Å². The molecule has 0 bridgehead atoms. The van der Waals surface area contributed by atoms with E-state index >= 15 is 0 Å². The van der Waals surface area contributed by atoms with Crippen LogP contribution in [-0.2, 0) is 0 Å². The smallest absolute Gasteiger partial charge is 0.126 e. The highest BCUT2D eigenvalue weighted by Crippen LogP contribution is 2.20. The zero-order valence-electron chi connectivity index (χ0n) is 8.34. The molecule has 0 saturated heterocycles. The van der Waals surface area contributed by atoms with Crippen molar-refractivity contribution in [2.24, 2.45) is 5.73 Å². The van der Waals surface area contributed by atoms with Gasteiger partial charge in [-0.3, -0.25) is 0 Å². The molecule has 2 atom stereocenters. The second kappa shape index (κ2) is 3.88. The van der Waals surface area contributed by atoms with E-state index in [1.165, 1.54) is 6.07 Å². The van der Waals surface area contributed by atoms with Crippen LogP contribution in [0.15, 0.2) is 18.2 Å². The summed E-state index contributed by atoms with van der Waals surface area (Å²) in [5.41, 5.74) is 7.55. The van der Waals surface area contributed by atoms with Gasteiger partial charge in [0.05, 0.1) is 0 Å². The number of rotatable bonds is 2. The standard InChI is InChI=1S/C11H16FN/c1-7-6-10(4-5-11(7)12)8(2)9(3)13/h4-6,8-9H,13H2,1-3H3. The summed E-state index contributed by atoms with van der Waals surface area (Å²) in [7, 11) is 0. The fraction of sp³-hybridized carbons (Fsp3) is 0.455. The molecule has 0 aliphatic rings. The number of halogens is 1. The molecule has 0 aliphatic carbocycles. The molecule has 0 spiro atoms. The lowest BCUT2D eigenvalue weighted by molar-refractivity contribution is 0.598.